The molecule has 0 aliphatic carbocycles. The number of likely N-dealkylation sites (tertiary alicyclic amines) is 1. The van der Waals surface area contributed by atoms with Crippen molar-refractivity contribution in [2.45, 2.75) is 88.5 Å². The Morgan fingerprint density at radius 3 is 2.37 bits per heavy atom. The lowest BCUT2D eigenvalue weighted by Gasteiger charge is -2.33. The molecule has 3 aliphatic rings. The zero-order valence-electron chi connectivity index (χ0n) is 34.2. The van der Waals surface area contributed by atoms with Gasteiger partial charge in [0.05, 0.1) is 44.9 Å². The second kappa shape index (κ2) is 17.6. The minimum absolute atomic E-state index is 0.0637. The van der Waals surface area contributed by atoms with Gasteiger partial charge in [0.25, 0.3) is 11.8 Å². The molecule has 1 unspecified atom stereocenters. The summed E-state index contributed by atoms with van der Waals surface area (Å²) in [4.78, 5) is 63.5. The van der Waals surface area contributed by atoms with Crippen molar-refractivity contribution < 1.29 is 32.3 Å². The molecule has 4 N–H and O–H groups in total. The number of hydrogen-bond donors (Lipinski definition) is 4. The number of imide groups is 2. The summed E-state index contributed by atoms with van der Waals surface area (Å²) in [6, 6.07) is 14.8. The van der Waals surface area contributed by atoms with Crippen LogP contribution in [0.25, 0.3) is 0 Å². The summed E-state index contributed by atoms with van der Waals surface area (Å²) < 4.78 is 32.5. The molecular formula is C43H49ClN8O7S. The number of nitrogens with one attached hydrogen (secondary N) is 4. The van der Waals surface area contributed by atoms with Crippen molar-refractivity contribution in [2.24, 2.45) is 0 Å². The van der Waals surface area contributed by atoms with Gasteiger partial charge in [-0.15, -0.1) is 0 Å². The first-order valence-electron chi connectivity index (χ1n) is 20.1. The van der Waals surface area contributed by atoms with Crippen molar-refractivity contribution in [3.8, 4) is 5.75 Å². The third-order valence-electron chi connectivity index (χ3n) is 11.0. The molecule has 15 nitrogen and oxygen atoms in total. The molecule has 7 rings (SSSR count). The van der Waals surface area contributed by atoms with Gasteiger partial charge in [-0.3, -0.25) is 29.4 Å². The molecule has 4 aromatic rings. The molecule has 1 aromatic heterocycles. The molecule has 0 radical (unpaired) electrons. The zero-order chi connectivity index (χ0) is 42.9. The maximum Gasteiger partial charge on any atom is 0.264 e. The first kappa shape index (κ1) is 42.5. The number of aromatic nitrogens is 2. The van der Waals surface area contributed by atoms with Gasteiger partial charge in [-0.05, 0) is 120 Å². The molecule has 60 heavy (non-hydrogen) atoms. The van der Waals surface area contributed by atoms with Gasteiger partial charge in [-0.2, -0.15) is 4.98 Å². The Bertz CT molecular complexity index is 2450. The first-order valence-corrected chi connectivity index (χ1v) is 22.1. The largest absolute Gasteiger partial charge is 0.489 e. The number of carbonyl (C=O) groups excluding carboxylic acids is 4. The number of hydrogen-bond acceptors (Lipinski definition) is 13. The summed E-state index contributed by atoms with van der Waals surface area (Å²) in [6.07, 6.45) is 3.36. The highest BCUT2D eigenvalue weighted by molar-refractivity contribution is 7.92. The summed E-state index contributed by atoms with van der Waals surface area (Å²) in [5, 5.41) is 11.6. The number of fused-ring (bicyclic) bond motifs is 1. The third-order valence-corrected chi connectivity index (χ3v) is 13.5. The van der Waals surface area contributed by atoms with E-state index in [9.17, 15) is 27.6 Å². The maximum atomic E-state index is 13.5. The Hall–Kier alpha value is -5.58. The fourth-order valence-corrected chi connectivity index (χ4v) is 9.25. The van der Waals surface area contributed by atoms with Crippen LogP contribution in [-0.2, 0) is 19.4 Å². The summed E-state index contributed by atoms with van der Waals surface area (Å²) in [5.74, 6) is -0.679. The SMILES string of the molecule is Cc1cc(Nc2ncc(Cl)c(Nc3ccccc3S(=O)(=O)C(C)C)n2)c(OC(C)C)cc1C1CCN(CCNc2cccc3c2C(=O)N(C2CCC(=O)NC2=O)C3=O)CC1. The van der Waals surface area contributed by atoms with Gasteiger partial charge in [-0.25, -0.2) is 13.4 Å². The van der Waals surface area contributed by atoms with Gasteiger partial charge >= 0.3 is 0 Å². The number of halogens is 1. The number of carbonyl (C=O) groups is 4. The Morgan fingerprint density at radius 2 is 1.65 bits per heavy atom. The number of aryl methyl sites for hydroxylation is 1. The smallest absolute Gasteiger partial charge is 0.264 e. The molecule has 1 atom stereocenters. The molecule has 4 amide bonds. The summed E-state index contributed by atoms with van der Waals surface area (Å²) in [5.41, 5.74) is 4.34. The third kappa shape index (κ3) is 8.81. The Balaban J connectivity index is 0.993. The molecular weight excluding hydrogens is 808 g/mol. The van der Waals surface area contributed by atoms with Crippen molar-refractivity contribution in [2.75, 3.05) is 42.1 Å². The van der Waals surface area contributed by atoms with Crippen LogP contribution in [0.2, 0.25) is 5.02 Å². The van der Waals surface area contributed by atoms with E-state index in [1.807, 2.05) is 19.9 Å². The van der Waals surface area contributed by atoms with Gasteiger partial charge in [0, 0.05) is 25.2 Å². The number of anilines is 5. The molecule has 0 spiro atoms. The second-order valence-electron chi connectivity index (χ2n) is 15.8. The molecule has 316 valence electrons. The normalized spacial score (nSPS) is 17.6. The minimum Gasteiger partial charge on any atom is -0.489 e. The van der Waals surface area contributed by atoms with Crippen LogP contribution in [0.5, 0.6) is 5.75 Å². The number of nitrogens with zero attached hydrogens (tertiary/aromatic N) is 4. The molecule has 0 saturated carbocycles. The van der Waals surface area contributed by atoms with E-state index in [0.29, 0.717) is 35.3 Å². The maximum absolute atomic E-state index is 13.5. The molecule has 2 fully saturated rings. The van der Waals surface area contributed by atoms with Crippen LogP contribution in [0.1, 0.15) is 91.1 Å². The van der Waals surface area contributed by atoms with Gasteiger partial charge in [0.1, 0.15) is 16.8 Å². The predicted molar refractivity (Wildman–Crippen MR) is 229 cm³/mol. The number of sulfone groups is 1. The lowest BCUT2D eigenvalue weighted by Crippen LogP contribution is -2.54. The summed E-state index contributed by atoms with van der Waals surface area (Å²) in [7, 11) is -3.59. The highest BCUT2D eigenvalue weighted by Crippen LogP contribution is 2.39. The zero-order valence-corrected chi connectivity index (χ0v) is 35.7. The van der Waals surface area contributed by atoms with Crippen LogP contribution in [0.15, 0.2) is 65.7 Å². The number of amides is 4. The lowest BCUT2D eigenvalue weighted by molar-refractivity contribution is -0.136. The van der Waals surface area contributed by atoms with Gasteiger partial charge in [0.2, 0.25) is 17.8 Å². The lowest BCUT2D eigenvalue weighted by atomic mass is 9.86. The van der Waals surface area contributed by atoms with E-state index in [4.69, 9.17) is 16.3 Å². The topological polar surface area (TPSA) is 192 Å². The number of para-hydroxylation sites is 1. The number of benzene rings is 3. The van der Waals surface area contributed by atoms with Crippen molar-refractivity contribution in [1.29, 1.82) is 0 Å². The van der Waals surface area contributed by atoms with Crippen LogP contribution in [0.3, 0.4) is 0 Å². The van der Waals surface area contributed by atoms with E-state index in [2.05, 4.69) is 49.1 Å². The van der Waals surface area contributed by atoms with E-state index in [-0.39, 0.29) is 51.8 Å². The summed E-state index contributed by atoms with van der Waals surface area (Å²) in [6.45, 7) is 12.2. The predicted octanol–water partition coefficient (Wildman–Crippen LogP) is 6.59. The highest BCUT2D eigenvalue weighted by Gasteiger charge is 2.45. The molecule has 2 saturated heterocycles. The van der Waals surface area contributed by atoms with E-state index < -0.39 is 44.8 Å². The molecule has 0 bridgehead atoms. The Kier molecular flexibility index (Phi) is 12.5. The van der Waals surface area contributed by atoms with Crippen molar-refractivity contribution >= 4 is 73.9 Å². The highest BCUT2D eigenvalue weighted by atomic mass is 35.5. The fraction of sp³-hybridized carbons (Fsp3) is 0.395. The summed E-state index contributed by atoms with van der Waals surface area (Å²) >= 11 is 6.50. The van der Waals surface area contributed by atoms with E-state index in [0.717, 1.165) is 42.9 Å². The second-order valence-corrected chi connectivity index (χ2v) is 18.7. The van der Waals surface area contributed by atoms with Gasteiger partial charge < -0.3 is 25.6 Å². The van der Waals surface area contributed by atoms with Crippen molar-refractivity contribution in [3.05, 3.63) is 88.1 Å². The first-order chi connectivity index (χ1) is 28.6. The van der Waals surface area contributed by atoms with Gasteiger partial charge in [-0.1, -0.05) is 29.8 Å². The van der Waals surface area contributed by atoms with Crippen LogP contribution in [-0.4, -0.2) is 95.4 Å². The average molecular weight is 857 g/mol. The average Bonchev–Trinajstić information content (AvgIpc) is 3.46. The fourth-order valence-electron chi connectivity index (χ4n) is 7.91. The van der Waals surface area contributed by atoms with Crippen LogP contribution in [0.4, 0.5) is 28.8 Å². The molecule has 3 aromatic carbocycles. The Labute approximate surface area is 354 Å². The van der Waals surface area contributed by atoms with E-state index in [1.54, 1.807) is 56.3 Å². The molecule has 3 aliphatic heterocycles. The van der Waals surface area contributed by atoms with E-state index >= 15 is 0 Å². The Morgan fingerprint density at radius 1 is 0.917 bits per heavy atom. The van der Waals surface area contributed by atoms with E-state index in [1.165, 1.54) is 11.8 Å². The minimum atomic E-state index is -3.59. The number of piperidine rings is 2. The van der Waals surface area contributed by atoms with Crippen molar-refractivity contribution in [1.82, 2.24) is 25.1 Å². The standard InChI is InChI=1S/C43H49ClN8O7S/c1-24(2)59-35-22-29(26(5)21-33(35)48-43-46-23-30(44)39(50-43)47-31-10-6-7-12-36(31)60(57,58)25(3)4)27-15-18-51(19-16-27)20-17-45-32-11-8-9-28-38(32)42(56)52(41(28)55)34-13-14-37(53)49-40(34)54/h6-12,21-25,27,34,45H,13-20H2,1-5H3,(H,49,53,54)(H2,46,47,48,50). The van der Waals surface area contributed by atoms with Crippen LogP contribution in [0, 0.1) is 6.92 Å². The van der Waals surface area contributed by atoms with Crippen LogP contribution < -0.4 is 26.0 Å². The molecule has 4 heterocycles. The monoisotopic (exact) mass is 856 g/mol. The molecule has 17 heteroatoms. The van der Waals surface area contributed by atoms with Crippen molar-refractivity contribution in [3.63, 3.8) is 0 Å². The number of ether oxygens (including phenoxy) is 1. The van der Waals surface area contributed by atoms with Crippen LogP contribution >= 0.6 is 11.6 Å². The van der Waals surface area contributed by atoms with Gasteiger partial charge in [0.15, 0.2) is 15.7 Å². The number of rotatable bonds is 14. The quantitative estimate of drug-likeness (QED) is 0.0995.